The molecule has 2 fully saturated rings. The number of amides is 1. The molecule has 0 aromatic carbocycles. The van der Waals surface area contributed by atoms with Gasteiger partial charge in [-0.3, -0.25) is 4.79 Å². The zero-order valence-corrected chi connectivity index (χ0v) is 12.8. The van der Waals surface area contributed by atoms with Crippen LogP contribution in [0.15, 0.2) is 10.6 Å². The van der Waals surface area contributed by atoms with Gasteiger partial charge in [-0.05, 0) is 36.2 Å². The van der Waals surface area contributed by atoms with E-state index in [1.165, 1.54) is 0 Å². The summed E-state index contributed by atoms with van der Waals surface area (Å²) in [6.45, 7) is 8.27. The van der Waals surface area contributed by atoms with E-state index in [1.54, 1.807) is 0 Å². The second kappa shape index (κ2) is 5.05. The van der Waals surface area contributed by atoms with Gasteiger partial charge in [0, 0.05) is 13.1 Å². The van der Waals surface area contributed by atoms with Gasteiger partial charge in [-0.15, -0.1) is 0 Å². The highest BCUT2D eigenvalue weighted by Crippen LogP contribution is 2.60. The first kappa shape index (κ1) is 14.2. The van der Waals surface area contributed by atoms with Crippen molar-refractivity contribution < 1.29 is 4.79 Å². The van der Waals surface area contributed by atoms with Crippen molar-refractivity contribution in [2.45, 2.75) is 33.6 Å². The highest BCUT2D eigenvalue weighted by molar-refractivity contribution is 6.55. The summed E-state index contributed by atoms with van der Waals surface area (Å²) in [7, 11) is 0. The van der Waals surface area contributed by atoms with Gasteiger partial charge in [-0.25, -0.2) is 0 Å². The molecule has 2 atom stereocenters. The molecule has 0 aromatic heterocycles. The van der Waals surface area contributed by atoms with Gasteiger partial charge >= 0.3 is 0 Å². The minimum absolute atomic E-state index is 0.00479. The maximum atomic E-state index is 12.5. The van der Waals surface area contributed by atoms with Gasteiger partial charge in [-0.1, -0.05) is 44.0 Å². The van der Waals surface area contributed by atoms with Gasteiger partial charge in [0.2, 0.25) is 5.91 Å². The second-order valence-corrected chi connectivity index (χ2v) is 7.30. The van der Waals surface area contributed by atoms with Crippen LogP contribution in [0.5, 0.6) is 0 Å². The van der Waals surface area contributed by atoms with Crippen LogP contribution in [0.1, 0.15) is 33.6 Å². The van der Waals surface area contributed by atoms with E-state index >= 15 is 0 Å². The van der Waals surface area contributed by atoms with Gasteiger partial charge in [0.25, 0.3) is 0 Å². The molecule has 1 amide bonds. The lowest BCUT2D eigenvalue weighted by Gasteiger charge is -2.30. The van der Waals surface area contributed by atoms with Crippen LogP contribution in [0.25, 0.3) is 0 Å². The van der Waals surface area contributed by atoms with E-state index in [0.717, 1.165) is 31.8 Å². The molecule has 0 bridgehead atoms. The van der Waals surface area contributed by atoms with Crippen LogP contribution in [0.3, 0.4) is 0 Å². The molecule has 0 radical (unpaired) electrons. The maximum absolute atomic E-state index is 12.5. The van der Waals surface area contributed by atoms with E-state index < -0.39 is 0 Å². The lowest BCUT2D eigenvalue weighted by molar-refractivity contribution is -0.134. The Balaban J connectivity index is 2.00. The van der Waals surface area contributed by atoms with Crippen LogP contribution >= 0.6 is 23.2 Å². The van der Waals surface area contributed by atoms with Crippen molar-refractivity contribution in [3.8, 4) is 0 Å². The Kier molecular flexibility index (Phi) is 3.99. The molecule has 0 N–H and O–H groups in total. The quantitative estimate of drug-likeness (QED) is 0.756. The summed E-state index contributed by atoms with van der Waals surface area (Å²) in [5.74, 6) is 1.27. The average molecular weight is 290 g/mol. The summed E-state index contributed by atoms with van der Waals surface area (Å²) < 4.78 is 0.274. The number of likely N-dealkylation sites (tertiary alicyclic amines) is 1. The fourth-order valence-corrected chi connectivity index (χ4v) is 3.29. The van der Waals surface area contributed by atoms with Gasteiger partial charge in [-0.2, -0.15) is 0 Å². The summed E-state index contributed by atoms with van der Waals surface area (Å²) in [5.41, 5.74) is -0.00479. The summed E-state index contributed by atoms with van der Waals surface area (Å²) in [5, 5.41) is 0. The Hall–Kier alpha value is -0.210. The first-order valence-electron chi connectivity index (χ1n) is 6.65. The normalized spacial score (nSPS) is 31.1. The van der Waals surface area contributed by atoms with Crippen LogP contribution in [0.4, 0.5) is 0 Å². The molecule has 0 unspecified atom stereocenters. The standard InChI is InChI=1S/C14H21Cl2NO/c1-9-4-6-17(7-5-9)13(18)12-10(8-11(15)16)14(12,2)3/h8-10,12H,4-7H2,1-3H3/t10-,12-/m1/s1. The second-order valence-electron chi connectivity index (χ2n) is 6.29. The van der Waals surface area contributed by atoms with Crippen LogP contribution < -0.4 is 0 Å². The summed E-state index contributed by atoms with van der Waals surface area (Å²) in [6.07, 6.45) is 4.06. The Morgan fingerprint density at radius 3 is 2.33 bits per heavy atom. The van der Waals surface area contributed by atoms with Gasteiger partial charge in [0.1, 0.15) is 4.49 Å². The summed E-state index contributed by atoms with van der Waals surface area (Å²) >= 11 is 11.4. The van der Waals surface area contributed by atoms with Crippen LogP contribution in [0, 0.1) is 23.2 Å². The number of halogens is 2. The number of hydrogen-bond donors (Lipinski definition) is 0. The lowest BCUT2D eigenvalue weighted by atomic mass is 9.98. The van der Waals surface area contributed by atoms with Crippen LogP contribution in [0.2, 0.25) is 0 Å². The molecule has 2 rings (SSSR count). The van der Waals surface area contributed by atoms with Crippen molar-refractivity contribution in [2.24, 2.45) is 23.2 Å². The molecule has 0 spiro atoms. The molecule has 1 aliphatic heterocycles. The van der Waals surface area contributed by atoms with Crippen LogP contribution in [-0.2, 0) is 4.79 Å². The molecule has 4 heteroatoms. The third kappa shape index (κ3) is 2.70. The number of hydrogen-bond acceptors (Lipinski definition) is 1. The number of piperidine rings is 1. The van der Waals surface area contributed by atoms with Crippen molar-refractivity contribution in [1.82, 2.24) is 4.90 Å². The first-order chi connectivity index (χ1) is 8.34. The molecule has 1 aliphatic carbocycles. The van der Waals surface area contributed by atoms with Crippen molar-refractivity contribution >= 4 is 29.1 Å². The van der Waals surface area contributed by atoms with Gasteiger partial charge < -0.3 is 4.90 Å². The minimum atomic E-state index is -0.00479. The van der Waals surface area contributed by atoms with Crippen LogP contribution in [-0.4, -0.2) is 23.9 Å². The molecule has 1 heterocycles. The zero-order valence-electron chi connectivity index (χ0n) is 11.2. The highest BCUT2D eigenvalue weighted by Gasteiger charge is 2.61. The van der Waals surface area contributed by atoms with Crippen molar-refractivity contribution in [2.75, 3.05) is 13.1 Å². The van der Waals surface area contributed by atoms with E-state index in [9.17, 15) is 4.79 Å². The molecule has 18 heavy (non-hydrogen) atoms. The number of carbonyl (C=O) groups excluding carboxylic acids is 1. The summed E-state index contributed by atoms with van der Waals surface area (Å²) in [6, 6.07) is 0. The van der Waals surface area contributed by atoms with Crippen molar-refractivity contribution in [3.05, 3.63) is 10.6 Å². The molecular weight excluding hydrogens is 269 g/mol. The number of nitrogens with zero attached hydrogens (tertiary/aromatic N) is 1. The Morgan fingerprint density at radius 1 is 1.28 bits per heavy atom. The fourth-order valence-electron chi connectivity index (χ4n) is 3.02. The molecule has 0 aromatic rings. The third-order valence-electron chi connectivity index (χ3n) is 4.58. The molecule has 1 saturated heterocycles. The number of rotatable bonds is 2. The largest absolute Gasteiger partial charge is 0.342 e. The third-order valence-corrected chi connectivity index (χ3v) is 4.83. The fraction of sp³-hybridized carbons (Fsp3) is 0.786. The Bertz CT molecular complexity index is 366. The minimum Gasteiger partial charge on any atom is -0.342 e. The molecule has 1 saturated carbocycles. The average Bonchev–Trinajstić information content (AvgIpc) is 2.79. The first-order valence-corrected chi connectivity index (χ1v) is 7.41. The Morgan fingerprint density at radius 2 is 1.83 bits per heavy atom. The molecular formula is C14H21Cl2NO. The van der Waals surface area contributed by atoms with Gasteiger partial charge in [0.15, 0.2) is 0 Å². The predicted molar refractivity (Wildman–Crippen MR) is 75.5 cm³/mol. The maximum Gasteiger partial charge on any atom is 0.226 e. The van der Waals surface area contributed by atoms with E-state index in [4.69, 9.17) is 23.2 Å². The van der Waals surface area contributed by atoms with Gasteiger partial charge in [0.05, 0.1) is 5.92 Å². The zero-order chi connectivity index (χ0) is 13.5. The number of allylic oxidation sites excluding steroid dienone is 1. The van der Waals surface area contributed by atoms with E-state index in [0.29, 0.717) is 0 Å². The highest BCUT2D eigenvalue weighted by atomic mass is 35.5. The molecule has 102 valence electrons. The molecule has 2 aliphatic rings. The lowest BCUT2D eigenvalue weighted by Crippen LogP contribution is -2.39. The van der Waals surface area contributed by atoms with Crippen molar-refractivity contribution in [1.29, 1.82) is 0 Å². The number of carbonyl (C=O) groups is 1. The van der Waals surface area contributed by atoms with E-state index in [2.05, 4.69) is 20.8 Å². The monoisotopic (exact) mass is 289 g/mol. The van der Waals surface area contributed by atoms with Crippen molar-refractivity contribution in [3.63, 3.8) is 0 Å². The smallest absolute Gasteiger partial charge is 0.226 e. The Labute approximate surface area is 119 Å². The van der Waals surface area contributed by atoms with E-state index in [-0.39, 0.29) is 27.6 Å². The predicted octanol–water partition coefficient (Wildman–Crippen LogP) is 3.84. The van der Waals surface area contributed by atoms with E-state index in [1.807, 2.05) is 11.0 Å². The topological polar surface area (TPSA) is 20.3 Å². The molecule has 2 nitrogen and oxygen atoms in total. The summed E-state index contributed by atoms with van der Waals surface area (Å²) in [4.78, 5) is 14.5. The SMILES string of the molecule is CC1CCN(C(=O)[C@H]2[C@@H](C=C(Cl)Cl)C2(C)C)CC1.